The monoisotopic (exact) mass is 442 g/mol. The Morgan fingerprint density at radius 1 is 1.16 bits per heavy atom. The Kier molecular flexibility index (Phi) is 4.94. The van der Waals surface area contributed by atoms with Crippen molar-refractivity contribution in [2.45, 2.75) is 25.6 Å². The number of nitrogens with one attached hydrogen (secondary N) is 1. The summed E-state index contributed by atoms with van der Waals surface area (Å²) in [5, 5.41) is 18.5. The largest absolute Gasteiger partial charge is 0.433 e. The van der Waals surface area contributed by atoms with Gasteiger partial charge in [0.05, 0.1) is 11.1 Å². The van der Waals surface area contributed by atoms with E-state index in [2.05, 4.69) is 21.1 Å². The van der Waals surface area contributed by atoms with Gasteiger partial charge in [-0.15, -0.1) is 10.2 Å². The van der Waals surface area contributed by atoms with Gasteiger partial charge in [-0.2, -0.15) is 13.2 Å². The van der Waals surface area contributed by atoms with Crippen molar-refractivity contribution in [3.63, 3.8) is 0 Å². The highest BCUT2D eigenvalue weighted by molar-refractivity contribution is 5.99. The van der Waals surface area contributed by atoms with Crippen molar-refractivity contribution in [3.05, 3.63) is 69.6 Å². The normalized spacial score (nSPS) is 13.6. The van der Waals surface area contributed by atoms with Gasteiger partial charge in [0.15, 0.2) is 0 Å². The van der Waals surface area contributed by atoms with Crippen LogP contribution in [0, 0.1) is 25.7 Å². The minimum Gasteiger partial charge on any atom is -0.421 e. The Labute approximate surface area is 179 Å². The topological polar surface area (TPSA) is 96.9 Å². The zero-order valence-corrected chi connectivity index (χ0v) is 17.2. The molecule has 4 aromatic rings. The maximum Gasteiger partial charge on any atom is 0.433 e. The van der Waals surface area contributed by atoms with E-state index in [9.17, 15) is 23.1 Å². The van der Waals surface area contributed by atoms with Crippen LogP contribution in [0.5, 0.6) is 0 Å². The molecule has 0 bridgehead atoms. The number of pyridine rings is 1. The number of alkyl halides is 3. The molecule has 7 nitrogen and oxygen atoms in total. The predicted octanol–water partition coefficient (Wildman–Crippen LogP) is 3.34. The van der Waals surface area contributed by atoms with E-state index in [1.165, 1.54) is 36.0 Å². The van der Waals surface area contributed by atoms with Crippen LogP contribution in [0.3, 0.4) is 0 Å². The SMILES string of the molecule is Cc1nnc(-c2c(C)[nH]c3c(=O)n(C)cc(C#CC(O)(c4ccccc4)C(F)(F)F)c23)o1. The van der Waals surface area contributed by atoms with Crippen LogP contribution in [0.15, 0.2) is 45.7 Å². The summed E-state index contributed by atoms with van der Waals surface area (Å²) in [6.07, 6.45) is -3.76. The molecule has 1 atom stereocenters. The molecule has 1 unspecified atom stereocenters. The molecule has 3 heterocycles. The third kappa shape index (κ3) is 3.36. The summed E-state index contributed by atoms with van der Waals surface area (Å²) in [5.41, 5.74) is -3.18. The molecular weight excluding hydrogens is 425 g/mol. The van der Waals surface area contributed by atoms with Crippen molar-refractivity contribution in [3.8, 4) is 23.3 Å². The van der Waals surface area contributed by atoms with Crippen LogP contribution < -0.4 is 5.56 Å². The van der Waals surface area contributed by atoms with Crippen LogP contribution >= 0.6 is 0 Å². The molecule has 10 heteroatoms. The third-order valence-electron chi connectivity index (χ3n) is 5.03. The van der Waals surface area contributed by atoms with Crippen molar-refractivity contribution in [2.24, 2.45) is 7.05 Å². The Morgan fingerprint density at radius 3 is 2.44 bits per heavy atom. The van der Waals surface area contributed by atoms with Gasteiger partial charge in [-0.05, 0) is 12.8 Å². The number of halogens is 3. The Morgan fingerprint density at radius 2 is 1.84 bits per heavy atom. The lowest BCUT2D eigenvalue weighted by Crippen LogP contribution is -2.41. The number of rotatable bonds is 2. The molecule has 0 aliphatic rings. The minimum atomic E-state index is -5.07. The number of fused-ring (bicyclic) bond motifs is 1. The minimum absolute atomic E-state index is 0.0795. The van der Waals surface area contributed by atoms with Crippen molar-refractivity contribution in [1.29, 1.82) is 0 Å². The van der Waals surface area contributed by atoms with Gasteiger partial charge in [0, 0.05) is 36.8 Å². The van der Waals surface area contributed by atoms with Crippen molar-refractivity contribution >= 4 is 10.9 Å². The summed E-state index contributed by atoms with van der Waals surface area (Å²) < 4.78 is 48.2. The molecule has 0 aliphatic heterocycles. The number of H-pyrrole nitrogens is 1. The van der Waals surface area contributed by atoms with Gasteiger partial charge in [-0.25, -0.2) is 0 Å². The first-order chi connectivity index (χ1) is 15.0. The highest BCUT2D eigenvalue weighted by Crippen LogP contribution is 2.39. The van der Waals surface area contributed by atoms with Crippen molar-refractivity contribution in [1.82, 2.24) is 19.7 Å². The lowest BCUT2D eigenvalue weighted by Gasteiger charge is -2.25. The molecule has 4 rings (SSSR count). The number of hydrogen-bond acceptors (Lipinski definition) is 5. The van der Waals surface area contributed by atoms with E-state index in [1.807, 2.05) is 5.92 Å². The molecule has 0 spiro atoms. The Hall–Kier alpha value is -3.84. The predicted molar refractivity (Wildman–Crippen MR) is 110 cm³/mol. The molecule has 0 fully saturated rings. The molecule has 164 valence electrons. The summed E-state index contributed by atoms with van der Waals surface area (Å²) in [6.45, 7) is 3.26. The van der Waals surface area contributed by atoms with Gasteiger partial charge in [-0.3, -0.25) is 4.79 Å². The number of aliphatic hydroxyl groups is 1. The van der Waals surface area contributed by atoms with E-state index in [4.69, 9.17) is 4.42 Å². The molecule has 0 radical (unpaired) electrons. The van der Waals surface area contributed by atoms with E-state index in [-0.39, 0.29) is 28.2 Å². The first-order valence-corrected chi connectivity index (χ1v) is 9.43. The second kappa shape index (κ2) is 7.39. The molecule has 3 aromatic heterocycles. The standard InChI is InChI=1S/C22H17F3N4O3/c1-12-16(19-28-27-13(2)32-19)17-14(11-29(3)20(30)18(17)26-12)9-10-21(31,22(23,24)25)15-7-5-4-6-8-15/h4-8,11,26,31H,1-3H3. The van der Waals surface area contributed by atoms with Crippen LogP contribution in [-0.2, 0) is 12.6 Å². The van der Waals surface area contributed by atoms with Crippen LogP contribution in [0.1, 0.15) is 22.7 Å². The average molecular weight is 442 g/mol. The fraction of sp³-hybridized carbons (Fsp3) is 0.227. The highest BCUT2D eigenvalue weighted by Gasteiger charge is 2.54. The second-order valence-electron chi connectivity index (χ2n) is 7.28. The highest BCUT2D eigenvalue weighted by atomic mass is 19.4. The number of aromatic amines is 1. The summed E-state index contributed by atoms with van der Waals surface area (Å²) in [4.78, 5) is 15.6. The number of benzene rings is 1. The molecule has 2 N–H and O–H groups in total. The first kappa shape index (κ1) is 21.4. The fourth-order valence-electron chi connectivity index (χ4n) is 3.45. The lowest BCUT2D eigenvalue weighted by atomic mass is 9.93. The van der Waals surface area contributed by atoms with E-state index < -0.39 is 22.9 Å². The maximum absolute atomic E-state index is 13.9. The maximum atomic E-state index is 13.9. The molecule has 0 saturated heterocycles. The van der Waals surface area contributed by atoms with Crippen molar-refractivity contribution < 1.29 is 22.7 Å². The zero-order chi connectivity index (χ0) is 23.3. The van der Waals surface area contributed by atoms with Crippen LogP contribution in [0.2, 0.25) is 0 Å². The lowest BCUT2D eigenvalue weighted by molar-refractivity contribution is -0.240. The number of nitrogens with zero attached hydrogens (tertiary/aromatic N) is 3. The van der Waals surface area contributed by atoms with Gasteiger partial charge < -0.3 is 19.1 Å². The van der Waals surface area contributed by atoms with Gasteiger partial charge >= 0.3 is 6.18 Å². The van der Waals surface area contributed by atoms with E-state index in [0.717, 1.165) is 12.1 Å². The fourth-order valence-corrected chi connectivity index (χ4v) is 3.45. The average Bonchev–Trinajstić information content (AvgIpc) is 3.32. The molecule has 0 aliphatic carbocycles. The van der Waals surface area contributed by atoms with Gasteiger partial charge in [0.2, 0.25) is 17.4 Å². The number of hydrogen-bond donors (Lipinski definition) is 2. The summed E-state index contributed by atoms with van der Waals surface area (Å²) in [6, 6.07) is 6.58. The van der Waals surface area contributed by atoms with Crippen molar-refractivity contribution in [2.75, 3.05) is 0 Å². The van der Waals surface area contributed by atoms with Crippen LogP contribution in [-0.4, -0.2) is 31.0 Å². The van der Waals surface area contributed by atoms with E-state index in [0.29, 0.717) is 11.3 Å². The van der Waals surface area contributed by atoms with Crippen LogP contribution in [0.25, 0.3) is 22.4 Å². The Bertz CT molecular complexity index is 1440. The summed E-state index contributed by atoms with van der Waals surface area (Å²) in [7, 11) is 1.45. The molecule has 1 aromatic carbocycles. The van der Waals surface area contributed by atoms with E-state index in [1.54, 1.807) is 13.8 Å². The molecule has 0 saturated carbocycles. The summed E-state index contributed by atoms with van der Waals surface area (Å²) in [5.74, 6) is 4.80. The first-order valence-electron chi connectivity index (χ1n) is 9.43. The number of aryl methyl sites for hydroxylation is 3. The zero-order valence-electron chi connectivity index (χ0n) is 17.2. The van der Waals surface area contributed by atoms with Crippen LogP contribution in [0.4, 0.5) is 13.2 Å². The van der Waals surface area contributed by atoms with Gasteiger partial charge in [-0.1, -0.05) is 36.3 Å². The molecule has 0 amide bonds. The quantitative estimate of drug-likeness (QED) is 0.464. The second-order valence-corrected chi connectivity index (χ2v) is 7.28. The third-order valence-corrected chi connectivity index (χ3v) is 5.03. The molecular formula is C22H17F3N4O3. The van der Waals surface area contributed by atoms with E-state index >= 15 is 0 Å². The summed E-state index contributed by atoms with van der Waals surface area (Å²) >= 11 is 0. The van der Waals surface area contributed by atoms with Gasteiger partial charge in [0.25, 0.3) is 5.56 Å². The number of aromatic nitrogens is 4. The smallest absolute Gasteiger partial charge is 0.421 e. The Balaban J connectivity index is 2.02. The van der Waals surface area contributed by atoms with Gasteiger partial charge in [0.1, 0.15) is 5.52 Å². The molecule has 32 heavy (non-hydrogen) atoms.